The number of carbonyl (C=O) groups excluding carboxylic acids is 1. The van der Waals surface area contributed by atoms with Gasteiger partial charge in [0.25, 0.3) is 0 Å². The second kappa shape index (κ2) is 8.69. The number of ether oxygens (including phenoxy) is 2. The highest BCUT2D eigenvalue weighted by atomic mass is 16.5. The average Bonchev–Trinajstić information content (AvgIpc) is 2.73. The summed E-state index contributed by atoms with van der Waals surface area (Å²) in [6, 6.07) is 7.28. The minimum absolute atomic E-state index is 0.335. The molecule has 1 saturated heterocycles. The van der Waals surface area contributed by atoms with Crippen LogP contribution in [0.5, 0.6) is 0 Å². The largest absolute Gasteiger partial charge is 0.465 e. The number of nitrogens with zero attached hydrogens (tertiary/aromatic N) is 3. The summed E-state index contributed by atoms with van der Waals surface area (Å²) in [5.74, 6) is 1.24. The molecule has 148 valence electrons. The lowest BCUT2D eigenvalue weighted by molar-refractivity contribution is -0.00106. The van der Waals surface area contributed by atoms with Crippen molar-refractivity contribution in [1.82, 2.24) is 9.97 Å². The molecule has 2 heterocycles. The molecule has 0 atom stereocenters. The van der Waals surface area contributed by atoms with Crippen LogP contribution in [0.2, 0.25) is 0 Å². The molecule has 28 heavy (non-hydrogen) atoms. The van der Waals surface area contributed by atoms with Gasteiger partial charge in [0, 0.05) is 37.7 Å². The maximum Gasteiger partial charge on any atom is 0.337 e. The Morgan fingerprint density at radius 1 is 1.04 bits per heavy atom. The van der Waals surface area contributed by atoms with Gasteiger partial charge in [-0.1, -0.05) is 18.6 Å². The highest BCUT2D eigenvalue weighted by Gasteiger charge is 2.24. The van der Waals surface area contributed by atoms with E-state index in [0.717, 1.165) is 55.5 Å². The van der Waals surface area contributed by atoms with Crippen molar-refractivity contribution in [1.29, 1.82) is 0 Å². The molecule has 2 aromatic rings. The lowest BCUT2D eigenvalue weighted by Gasteiger charge is -2.34. The van der Waals surface area contributed by atoms with E-state index in [9.17, 15) is 4.79 Å². The Morgan fingerprint density at radius 2 is 1.71 bits per heavy atom. The first-order chi connectivity index (χ1) is 13.7. The number of methoxy groups -OCH3 is 1. The number of anilines is 1. The molecule has 2 aliphatic rings. The zero-order valence-corrected chi connectivity index (χ0v) is 16.3. The van der Waals surface area contributed by atoms with Gasteiger partial charge in [-0.25, -0.2) is 14.8 Å². The quantitative estimate of drug-likeness (QED) is 0.711. The standard InChI is InChI=1S/C22H27N3O3/c1-27-21(26)18-7-5-17(6-8-18)19-13-23-22(24-14-19)25-11-9-20(10-12-25)28-15-16-3-2-4-16/h5-8,13-14,16,20H,2-4,9-12,15H2,1H3. The van der Waals surface area contributed by atoms with Gasteiger partial charge < -0.3 is 14.4 Å². The summed E-state index contributed by atoms with van der Waals surface area (Å²) < 4.78 is 10.8. The molecule has 1 aliphatic heterocycles. The number of rotatable bonds is 6. The zero-order chi connectivity index (χ0) is 19.3. The molecular weight excluding hydrogens is 354 g/mol. The molecule has 1 aromatic heterocycles. The maximum absolute atomic E-state index is 11.5. The topological polar surface area (TPSA) is 64.5 Å². The molecule has 6 heteroatoms. The molecule has 1 aliphatic carbocycles. The second-order valence-corrected chi connectivity index (χ2v) is 7.66. The molecule has 1 saturated carbocycles. The van der Waals surface area contributed by atoms with Gasteiger partial charge >= 0.3 is 5.97 Å². The van der Waals surface area contributed by atoms with E-state index in [1.807, 2.05) is 24.5 Å². The van der Waals surface area contributed by atoms with Crippen LogP contribution in [0.3, 0.4) is 0 Å². The van der Waals surface area contributed by atoms with Gasteiger partial charge in [-0.05, 0) is 49.3 Å². The maximum atomic E-state index is 11.5. The number of hydrogen-bond acceptors (Lipinski definition) is 6. The molecule has 6 nitrogen and oxygen atoms in total. The fraction of sp³-hybridized carbons (Fsp3) is 0.500. The van der Waals surface area contributed by atoms with Crippen molar-refractivity contribution in [3.8, 4) is 11.1 Å². The lowest BCUT2D eigenvalue weighted by Crippen LogP contribution is -2.38. The first kappa shape index (κ1) is 18.9. The first-order valence-electron chi connectivity index (χ1n) is 10.1. The minimum Gasteiger partial charge on any atom is -0.465 e. The molecule has 1 aromatic carbocycles. The molecule has 0 unspecified atom stereocenters. The molecular formula is C22H27N3O3. The summed E-state index contributed by atoms with van der Waals surface area (Å²) in [6.07, 6.45) is 10.2. The number of piperidine rings is 1. The zero-order valence-electron chi connectivity index (χ0n) is 16.3. The predicted molar refractivity (Wildman–Crippen MR) is 107 cm³/mol. The number of carbonyl (C=O) groups is 1. The van der Waals surface area contributed by atoms with Crippen LogP contribution in [0.4, 0.5) is 5.95 Å². The number of benzene rings is 1. The van der Waals surface area contributed by atoms with Crippen molar-refractivity contribution >= 4 is 11.9 Å². The SMILES string of the molecule is COC(=O)c1ccc(-c2cnc(N3CCC(OCC4CCC4)CC3)nc2)cc1. The van der Waals surface area contributed by atoms with Crippen LogP contribution >= 0.6 is 0 Å². The Balaban J connectivity index is 1.31. The van der Waals surface area contributed by atoms with E-state index in [2.05, 4.69) is 14.9 Å². The number of esters is 1. The lowest BCUT2D eigenvalue weighted by atomic mass is 9.86. The molecule has 4 rings (SSSR count). The third kappa shape index (κ3) is 4.33. The summed E-state index contributed by atoms with van der Waals surface area (Å²) in [5.41, 5.74) is 2.44. The third-order valence-electron chi connectivity index (χ3n) is 5.79. The Kier molecular flexibility index (Phi) is 5.86. The van der Waals surface area contributed by atoms with Crippen LogP contribution in [0, 0.1) is 5.92 Å². The van der Waals surface area contributed by atoms with Crippen molar-refractivity contribution in [2.45, 2.75) is 38.2 Å². The monoisotopic (exact) mass is 381 g/mol. The van der Waals surface area contributed by atoms with Crippen molar-refractivity contribution < 1.29 is 14.3 Å². The van der Waals surface area contributed by atoms with Gasteiger partial charge in [0.1, 0.15) is 0 Å². The molecule has 0 bridgehead atoms. The highest BCUT2D eigenvalue weighted by molar-refractivity contribution is 5.89. The van der Waals surface area contributed by atoms with Crippen LogP contribution in [-0.2, 0) is 9.47 Å². The summed E-state index contributed by atoms with van der Waals surface area (Å²) in [5, 5.41) is 0. The summed E-state index contributed by atoms with van der Waals surface area (Å²) in [4.78, 5) is 22.9. The fourth-order valence-electron chi connectivity index (χ4n) is 3.70. The van der Waals surface area contributed by atoms with Gasteiger partial charge in [-0.2, -0.15) is 0 Å². The fourth-order valence-corrected chi connectivity index (χ4v) is 3.70. The molecule has 0 amide bonds. The van der Waals surface area contributed by atoms with E-state index >= 15 is 0 Å². The predicted octanol–water partition coefficient (Wildman–Crippen LogP) is 3.72. The van der Waals surface area contributed by atoms with Gasteiger partial charge in [0.2, 0.25) is 5.95 Å². The van der Waals surface area contributed by atoms with Crippen LogP contribution in [0.25, 0.3) is 11.1 Å². The van der Waals surface area contributed by atoms with E-state index in [-0.39, 0.29) is 5.97 Å². The summed E-state index contributed by atoms with van der Waals surface area (Å²) in [7, 11) is 1.38. The van der Waals surface area contributed by atoms with Crippen LogP contribution < -0.4 is 4.90 Å². The van der Waals surface area contributed by atoms with E-state index in [0.29, 0.717) is 11.7 Å². The van der Waals surface area contributed by atoms with E-state index in [4.69, 9.17) is 9.47 Å². The van der Waals surface area contributed by atoms with E-state index in [1.54, 1.807) is 12.1 Å². The van der Waals surface area contributed by atoms with Gasteiger partial charge in [-0.15, -0.1) is 0 Å². The number of hydrogen-bond donors (Lipinski definition) is 0. The van der Waals surface area contributed by atoms with E-state index in [1.165, 1.54) is 26.4 Å². The highest BCUT2D eigenvalue weighted by Crippen LogP contribution is 2.28. The summed E-state index contributed by atoms with van der Waals surface area (Å²) in [6.45, 7) is 2.80. The Morgan fingerprint density at radius 3 is 2.29 bits per heavy atom. The first-order valence-corrected chi connectivity index (χ1v) is 10.1. The Hall–Kier alpha value is -2.47. The van der Waals surface area contributed by atoms with Crippen molar-refractivity contribution in [3.05, 3.63) is 42.2 Å². The Labute approximate surface area is 165 Å². The third-order valence-corrected chi connectivity index (χ3v) is 5.79. The number of aromatic nitrogens is 2. The van der Waals surface area contributed by atoms with Crippen LogP contribution in [0.15, 0.2) is 36.7 Å². The van der Waals surface area contributed by atoms with Crippen LogP contribution in [0.1, 0.15) is 42.5 Å². The normalized spacial score (nSPS) is 18.0. The van der Waals surface area contributed by atoms with Gasteiger partial charge in [0.05, 0.1) is 18.8 Å². The smallest absolute Gasteiger partial charge is 0.337 e. The van der Waals surface area contributed by atoms with Gasteiger partial charge in [0.15, 0.2) is 0 Å². The van der Waals surface area contributed by atoms with Crippen molar-refractivity contribution in [3.63, 3.8) is 0 Å². The molecule has 0 N–H and O–H groups in total. The molecule has 2 fully saturated rings. The molecule has 0 spiro atoms. The van der Waals surface area contributed by atoms with Crippen molar-refractivity contribution in [2.75, 3.05) is 31.7 Å². The Bertz CT molecular complexity index is 780. The van der Waals surface area contributed by atoms with Crippen LogP contribution in [-0.4, -0.2) is 48.8 Å². The van der Waals surface area contributed by atoms with Crippen molar-refractivity contribution in [2.24, 2.45) is 5.92 Å². The minimum atomic E-state index is -0.335. The van der Waals surface area contributed by atoms with Gasteiger partial charge in [-0.3, -0.25) is 0 Å². The average molecular weight is 381 g/mol. The molecule has 0 radical (unpaired) electrons. The summed E-state index contributed by atoms with van der Waals surface area (Å²) >= 11 is 0. The van der Waals surface area contributed by atoms with E-state index < -0.39 is 0 Å². The second-order valence-electron chi connectivity index (χ2n) is 7.66.